The number of hydrogen-bond acceptors (Lipinski definition) is 6. The van der Waals surface area contributed by atoms with E-state index in [1.165, 1.54) is 0 Å². The fraction of sp³-hybridized carbons (Fsp3) is 0.179. The molecule has 9 heteroatoms. The first-order chi connectivity index (χ1) is 18.0. The molecule has 0 aliphatic heterocycles. The summed E-state index contributed by atoms with van der Waals surface area (Å²) in [7, 11) is 0. The maximum Gasteiger partial charge on any atom is 0.268 e. The predicted octanol–water partition coefficient (Wildman–Crippen LogP) is 6.38. The Labute approximate surface area is 220 Å². The molecule has 3 heterocycles. The Bertz CT molecular complexity index is 1510. The van der Waals surface area contributed by atoms with Crippen molar-refractivity contribution in [3.05, 3.63) is 95.1 Å². The van der Waals surface area contributed by atoms with Gasteiger partial charge in [-0.1, -0.05) is 37.6 Å². The van der Waals surface area contributed by atoms with Crippen LogP contribution < -0.4 is 16.4 Å². The maximum atomic E-state index is 12.9. The highest BCUT2D eigenvalue weighted by molar-refractivity contribution is 6.30. The van der Waals surface area contributed by atoms with Crippen LogP contribution in [0, 0.1) is 6.92 Å². The van der Waals surface area contributed by atoms with Crippen LogP contribution in [0.15, 0.2) is 77.7 Å². The van der Waals surface area contributed by atoms with Crippen LogP contribution in [0.4, 0.5) is 11.6 Å². The Kier molecular flexibility index (Phi) is 8.22. The van der Waals surface area contributed by atoms with Crippen molar-refractivity contribution in [2.75, 3.05) is 11.9 Å². The smallest absolute Gasteiger partial charge is 0.268 e. The molecule has 190 valence electrons. The maximum absolute atomic E-state index is 12.9. The van der Waals surface area contributed by atoms with Gasteiger partial charge in [0.2, 0.25) is 5.95 Å². The van der Waals surface area contributed by atoms with Crippen molar-refractivity contribution < 1.29 is 9.21 Å². The molecule has 5 rings (SSSR count). The predicted molar refractivity (Wildman–Crippen MR) is 148 cm³/mol. The van der Waals surface area contributed by atoms with E-state index in [2.05, 4.69) is 25.6 Å². The van der Waals surface area contributed by atoms with Gasteiger partial charge in [0.1, 0.15) is 11.3 Å². The Morgan fingerprint density at radius 3 is 2.78 bits per heavy atom. The Morgan fingerprint density at radius 1 is 1.16 bits per heavy atom. The van der Waals surface area contributed by atoms with Gasteiger partial charge in [-0.05, 0) is 60.5 Å². The molecule has 8 nitrogen and oxygen atoms in total. The van der Waals surface area contributed by atoms with Gasteiger partial charge in [0, 0.05) is 40.6 Å². The summed E-state index contributed by atoms with van der Waals surface area (Å²) in [5.41, 5.74) is 11.2. The molecule has 0 bridgehead atoms. The number of aromatic nitrogens is 3. The molecule has 5 aromatic rings. The van der Waals surface area contributed by atoms with Gasteiger partial charge in [-0.3, -0.25) is 4.79 Å². The summed E-state index contributed by atoms with van der Waals surface area (Å²) in [5.74, 6) is 0.176. The van der Waals surface area contributed by atoms with Crippen molar-refractivity contribution in [1.29, 1.82) is 0 Å². The molecule has 37 heavy (non-hydrogen) atoms. The van der Waals surface area contributed by atoms with Gasteiger partial charge in [-0.2, -0.15) is 0 Å². The molecule has 1 atom stereocenters. The molecule has 0 radical (unpaired) electrons. The zero-order valence-electron chi connectivity index (χ0n) is 20.9. The van der Waals surface area contributed by atoms with Crippen molar-refractivity contribution >= 4 is 40.1 Å². The molecule has 0 saturated carbocycles. The van der Waals surface area contributed by atoms with Crippen LogP contribution in [0.1, 0.15) is 41.5 Å². The first-order valence-electron chi connectivity index (χ1n) is 12.0. The number of aromatic amines is 1. The van der Waals surface area contributed by atoms with Gasteiger partial charge < -0.3 is 25.8 Å². The average molecular weight is 517 g/mol. The fourth-order valence-electron chi connectivity index (χ4n) is 3.87. The van der Waals surface area contributed by atoms with Crippen molar-refractivity contribution in [3.8, 4) is 11.3 Å². The van der Waals surface area contributed by atoms with Crippen LogP contribution in [0.25, 0.3) is 22.2 Å². The number of hydrogen-bond donors (Lipinski definition) is 4. The Hall–Kier alpha value is -4.14. The van der Waals surface area contributed by atoms with Crippen LogP contribution >= 0.6 is 11.6 Å². The van der Waals surface area contributed by atoms with Gasteiger partial charge in [0.15, 0.2) is 0 Å². The van der Waals surface area contributed by atoms with Crippen molar-refractivity contribution in [3.63, 3.8) is 0 Å². The number of H-pyrrole nitrogens is 1. The van der Waals surface area contributed by atoms with Gasteiger partial charge in [-0.15, -0.1) is 0 Å². The van der Waals surface area contributed by atoms with Crippen LogP contribution in [-0.2, 0) is 0 Å². The number of halogens is 1. The van der Waals surface area contributed by atoms with Crippen molar-refractivity contribution in [2.45, 2.75) is 26.8 Å². The third kappa shape index (κ3) is 5.99. The number of furan rings is 1. The highest BCUT2D eigenvalue weighted by Gasteiger charge is 2.17. The Balaban J connectivity index is 0.00000156. The number of benzene rings is 2. The van der Waals surface area contributed by atoms with E-state index in [0.717, 1.165) is 33.3 Å². The van der Waals surface area contributed by atoms with Crippen LogP contribution in [0.2, 0.25) is 5.02 Å². The first-order valence-corrected chi connectivity index (χ1v) is 12.4. The summed E-state index contributed by atoms with van der Waals surface area (Å²) in [6, 6.07) is 16.3. The minimum atomic E-state index is -0.364. The lowest BCUT2D eigenvalue weighted by atomic mass is 10.1. The Morgan fingerprint density at radius 2 is 2.00 bits per heavy atom. The number of nitrogens with two attached hydrogens (primary N) is 1. The van der Waals surface area contributed by atoms with Crippen LogP contribution in [0.5, 0.6) is 0 Å². The van der Waals surface area contributed by atoms with Gasteiger partial charge in [0.25, 0.3) is 5.91 Å². The lowest BCUT2D eigenvalue weighted by Gasteiger charge is -2.17. The number of anilines is 2. The normalized spacial score (nSPS) is 11.5. The van der Waals surface area contributed by atoms with E-state index in [1.54, 1.807) is 36.9 Å². The molecular weight excluding hydrogens is 488 g/mol. The molecule has 0 aliphatic carbocycles. The summed E-state index contributed by atoms with van der Waals surface area (Å²) in [5, 5.41) is 7.76. The van der Waals surface area contributed by atoms with Crippen LogP contribution in [0.3, 0.4) is 0 Å². The zero-order chi connectivity index (χ0) is 26.4. The topological polar surface area (TPSA) is 122 Å². The molecular formula is C28H29ClN6O2. The average Bonchev–Trinajstić information content (AvgIpc) is 3.59. The second kappa shape index (κ2) is 11.7. The van der Waals surface area contributed by atoms with E-state index < -0.39 is 0 Å². The fourth-order valence-corrected chi connectivity index (χ4v) is 4.07. The second-order valence-corrected chi connectivity index (χ2v) is 8.58. The molecule has 0 spiro atoms. The second-order valence-electron chi connectivity index (χ2n) is 8.14. The summed E-state index contributed by atoms with van der Waals surface area (Å²) in [4.78, 5) is 25.0. The molecule has 1 amide bonds. The minimum Gasteiger partial charge on any atom is -0.464 e. The highest BCUT2D eigenvalue weighted by atomic mass is 35.5. The largest absolute Gasteiger partial charge is 0.464 e. The van der Waals surface area contributed by atoms with Gasteiger partial charge in [0.05, 0.1) is 18.0 Å². The first kappa shape index (κ1) is 25.9. The van der Waals surface area contributed by atoms with E-state index in [9.17, 15) is 4.79 Å². The molecule has 5 N–H and O–H groups in total. The minimum absolute atomic E-state index is 0.240. The molecule has 3 aromatic heterocycles. The third-order valence-electron chi connectivity index (χ3n) is 5.67. The number of fused-ring (bicyclic) bond motifs is 1. The zero-order valence-corrected chi connectivity index (χ0v) is 21.6. The highest BCUT2D eigenvalue weighted by Crippen LogP contribution is 2.26. The lowest BCUT2D eigenvalue weighted by Crippen LogP contribution is -2.33. The van der Waals surface area contributed by atoms with Gasteiger partial charge >= 0.3 is 0 Å². The van der Waals surface area contributed by atoms with E-state index in [1.807, 2.05) is 57.2 Å². The SMILES string of the molecule is CC.Cc1cnc(Nc2ccc3occc3c2)nc1-c1c[nH]c(C(=O)NC(CN)c2cccc(Cl)c2)c1. The summed E-state index contributed by atoms with van der Waals surface area (Å²) in [6.45, 7) is 6.16. The molecule has 0 fully saturated rings. The van der Waals surface area contributed by atoms with Crippen LogP contribution in [-0.4, -0.2) is 27.4 Å². The van der Waals surface area contributed by atoms with Crippen molar-refractivity contribution in [1.82, 2.24) is 20.3 Å². The standard InChI is InChI=1S/C26H23ClN6O2.C2H6/c1-15-13-30-26(31-20-5-6-23-17(10-20)7-8-35-23)33-24(15)18-11-21(29-14-18)25(34)32-22(12-28)16-3-2-4-19(27)9-16;1-2/h2-11,13-14,22,29H,12,28H2,1H3,(H,32,34)(H,30,31,33);1-2H3. The molecule has 2 aromatic carbocycles. The summed E-state index contributed by atoms with van der Waals surface area (Å²) in [6.07, 6.45) is 5.15. The number of carbonyl (C=O) groups is 1. The van der Waals surface area contributed by atoms with E-state index in [-0.39, 0.29) is 18.5 Å². The molecule has 1 unspecified atom stereocenters. The molecule has 0 saturated heterocycles. The monoisotopic (exact) mass is 516 g/mol. The number of amides is 1. The third-order valence-corrected chi connectivity index (χ3v) is 5.91. The van der Waals surface area contributed by atoms with E-state index >= 15 is 0 Å². The van der Waals surface area contributed by atoms with Crippen molar-refractivity contribution in [2.24, 2.45) is 5.73 Å². The van der Waals surface area contributed by atoms with Gasteiger partial charge in [-0.25, -0.2) is 9.97 Å². The lowest BCUT2D eigenvalue weighted by molar-refractivity contribution is 0.0933. The van der Waals surface area contributed by atoms with E-state index in [0.29, 0.717) is 22.4 Å². The summed E-state index contributed by atoms with van der Waals surface area (Å²) >= 11 is 6.09. The molecule has 0 aliphatic rings. The quantitative estimate of drug-likeness (QED) is 0.199. The number of carbonyl (C=O) groups excluding carboxylic acids is 1. The summed E-state index contributed by atoms with van der Waals surface area (Å²) < 4.78 is 5.39. The van der Waals surface area contributed by atoms with E-state index in [4.69, 9.17) is 21.8 Å². The number of nitrogens with one attached hydrogen (secondary N) is 3. The number of rotatable bonds is 7. The number of nitrogens with zero attached hydrogens (tertiary/aromatic N) is 2. The number of aryl methyl sites for hydroxylation is 1.